The molecule has 1 aliphatic rings. The van der Waals surface area contributed by atoms with Crippen molar-refractivity contribution in [3.8, 4) is 0 Å². The van der Waals surface area contributed by atoms with E-state index in [1.54, 1.807) is 13.1 Å². The van der Waals surface area contributed by atoms with Crippen LogP contribution in [0.2, 0.25) is 0 Å². The summed E-state index contributed by atoms with van der Waals surface area (Å²) in [6, 6.07) is 18.0. The van der Waals surface area contributed by atoms with Crippen LogP contribution in [0.15, 0.2) is 60.7 Å². The molecular formula is C25H26N4O4. The summed E-state index contributed by atoms with van der Waals surface area (Å²) in [5.41, 5.74) is 1.17. The van der Waals surface area contributed by atoms with Gasteiger partial charge >= 0.3 is 0 Å². The highest BCUT2D eigenvalue weighted by atomic mass is 16.6. The lowest BCUT2D eigenvalue weighted by Gasteiger charge is -2.35. The molecule has 3 N–H and O–H groups in total. The van der Waals surface area contributed by atoms with Crippen LogP contribution < -0.4 is 16.0 Å². The number of nitro groups is 1. The molecule has 0 heterocycles. The van der Waals surface area contributed by atoms with Crippen LogP contribution in [-0.4, -0.2) is 29.8 Å². The summed E-state index contributed by atoms with van der Waals surface area (Å²) in [7, 11) is 1.59. The topological polar surface area (TPSA) is 113 Å². The number of nitrogens with zero attached hydrogens (tertiary/aromatic N) is 1. The minimum atomic E-state index is -0.499. The van der Waals surface area contributed by atoms with Crippen molar-refractivity contribution in [3.05, 3.63) is 81.9 Å². The molecule has 0 bridgehead atoms. The summed E-state index contributed by atoms with van der Waals surface area (Å²) in [5.74, 6) is -0.567. The normalized spacial score (nSPS) is 18.1. The molecule has 8 heteroatoms. The van der Waals surface area contributed by atoms with Crippen molar-refractivity contribution < 1.29 is 14.5 Å². The van der Waals surface area contributed by atoms with Crippen LogP contribution in [0.4, 0.5) is 11.4 Å². The van der Waals surface area contributed by atoms with Gasteiger partial charge in [-0.3, -0.25) is 19.7 Å². The number of fused-ring (bicyclic) bond motifs is 1. The number of benzene rings is 3. The van der Waals surface area contributed by atoms with Crippen molar-refractivity contribution in [1.29, 1.82) is 0 Å². The monoisotopic (exact) mass is 446 g/mol. The zero-order valence-electron chi connectivity index (χ0n) is 18.5. The van der Waals surface area contributed by atoms with E-state index in [1.165, 1.54) is 12.1 Å². The second-order valence-corrected chi connectivity index (χ2v) is 8.38. The van der Waals surface area contributed by atoms with E-state index in [0.29, 0.717) is 12.8 Å². The van der Waals surface area contributed by atoms with Crippen molar-refractivity contribution in [1.82, 2.24) is 10.6 Å². The van der Waals surface area contributed by atoms with E-state index >= 15 is 0 Å². The third kappa shape index (κ3) is 4.64. The first-order valence-corrected chi connectivity index (χ1v) is 10.9. The molecule has 3 aromatic rings. The maximum atomic E-state index is 13.2. The molecule has 1 aliphatic carbocycles. The summed E-state index contributed by atoms with van der Waals surface area (Å²) < 4.78 is 0. The highest BCUT2D eigenvalue weighted by Gasteiger charge is 2.36. The highest BCUT2D eigenvalue weighted by Crippen LogP contribution is 2.35. The van der Waals surface area contributed by atoms with Gasteiger partial charge < -0.3 is 16.0 Å². The number of carbonyl (C=O) groups is 2. The Balaban J connectivity index is 1.54. The molecule has 33 heavy (non-hydrogen) atoms. The maximum Gasteiger partial charge on any atom is 0.293 e. The molecule has 0 radical (unpaired) electrons. The summed E-state index contributed by atoms with van der Waals surface area (Å²) in [6.45, 7) is 1.88. The number of amides is 2. The molecule has 8 nitrogen and oxygen atoms in total. The van der Waals surface area contributed by atoms with Crippen LogP contribution in [0, 0.1) is 16.0 Å². The van der Waals surface area contributed by atoms with Crippen molar-refractivity contribution in [2.75, 3.05) is 12.4 Å². The number of carbonyl (C=O) groups excluding carboxylic acids is 2. The molecule has 0 spiro atoms. The van der Waals surface area contributed by atoms with E-state index in [1.807, 2.05) is 49.4 Å². The number of hydrogen-bond donors (Lipinski definition) is 3. The number of hydrogen-bond acceptors (Lipinski definition) is 5. The average Bonchev–Trinajstić information content (AvgIpc) is 2.79. The molecule has 1 atom stereocenters. The van der Waals surface area contributed by atoms with E-state index in [2.05, 4.69) is 16.0 Å². The van der Waals surface area contributed by atoms with E-state index < -0.39 is 10.8 Å². The van der Waals surface area contributed by atoms with Crippen LogP contribution in [0.25, 0.3) is 10.8 Å². The minimum absolute atomic E-state index is 0.0437. The van der Waals surface area contributed by atoms with Gasteiger partial charge in [-0.25, -0.2) is 0 Å². The lowest BCUT2D eigenvalue weighted by Crippen LogP contribution is -2.43. The summed E-state index contributed by atoms with van der Waals surface area (Å²) in [5, 5.41) is 22.6. The molecule has 170 valence electrons. The van der Waals surface area contributed by atoms with Gasteiger partial charge in [-0.2, -0.15) is 0 Å². The molecular weight excluding hydrogens is 420 g/mol. The molecule has 0 saturated heterocycles. The van der Waals surface area contributed by atoms with Crippen LogP contribution >= 0.6 is 0 Å². The van der Waals surface area contributed by atoms with Gasteiger partial charge in [-0.1, -0.05) is 42.5 Å². The van der Waals surface area contributed by atoms with Gasteiger partial charge in [0, 0.05) is 25.1 Å². The predicted octanol–water partition coefficient (Wildman–Crippen LogP) is 4.18. The Bertz CT molecular complexity index is 1220. The van der Waals surface area contributed by atoms with Crippen molar-refractivity contribution in [3.63, 3.8) is 0 Å². The van der Waals surface area contributed by atoms with Gasteiger partial charge in [0.05, 0.1) is 16.5 Å². The minimum Gasteiger partial charge on any atom is -0.376 e. The fraction of sp³-hybridized carbons (Fsp3) is 0.280. The van der Waals surface area contributed by atoms with Gasteiger partial charge in [0.15, 0.2) is 0 Å². The Morgan fingerprint density at radius 2 is 1.76 bits per heavy atom. The third-order valence-corrected chi connectivity index (χ3v) is 6.21. The highest BCUT2D eigenvalue weighted by molar-refractivity contribution is 6.02. The average molecular weight is 447 g/mol. The molecule has 3 aromatic carbocycles. The fourth-order valence-electron chi connectivity index (χ4n) is 4.23. The lowest BCUT2D eigenvalue weighted by molar-refractivity contribution is -0.384. The smallest absolute Gasteiger partial charge is 0.293 e. The summed E-state index contributed by atoms with van der Waals surface area (Å²) in [6.07, 6.45) is 1.11. The Morgan fingerprint density at radius 1 is 1.03 bits per heavy atom. The summed E-state index contributed by atoms with van der Waals surface area (Å²) in [4.78, 5) is 36.1. The molecule has 1 fully saturated rings. The predicted molar refractivity (Wildman–Crippen MR) is 127 cm³/mol. The van der Waals surface area contributed by atoms with E-state index in [4.69, 9.17) is 0 Å². The Hall–Kier alpha value is -3.94. The number of rotatable bonds is 7. The fourth-order valence-corrected chi connectivity index (χ4v) is 4.23. The molecule has 2 amide bonds. The Labute approximate surface area is 191 Å². The van der Waals surface area contributed by atoms with Gasteiger partial charge in [-0.05, 0) is 48.2 Å². The first kappa shape index (κ1) is 22.3. The third-order valence-electron chi connectivity index (χ3n) is 6.21. The van der Waals surface area contributed by atoms with E-state index in [9.17, 15) is 19.7 Å². The van der Waals surface area contributed by atoms with Crippen LogP contribution in [0.5, 0.6) is 0 Å². The molecule has 0 aliphatic heterocycles. The number of nitro benzene ring substituents is 1. The molecule has 1 saturated carbocycles. The molecule has 4 rings (SSSR count). The number of nitrogens with one attached hydrogen (secondary N) is 3. The van der Waals surface area contributed by atoms with Gasteiger partial charge in [0.1, 0.15) is 5.69 Å². The second-order valence-electron chi connectivity index (χ2n) is 8.38. The molecule has 0 aromatic heterocycles. The standard InChI is InChI=1S/C25H26N4O4/c1-15(17-11-10-16-6-3-4-7-18(16)12-17)27-25(31)21-8-5-9-22(29(32)33)23(21)28-20-13-19(14-20)24(30)26-2/h3-12,15,19-20,28H,13-14H2,1-2H3,(H,26,30)(H,27,31)/t15-,19?,20?/m0/s1. The van der Waals surface area contributed by atoms with Crippen LogP contribution in [-0.2, 0) is 4.79 Å². The number of anilines is 1. The SMILES string of the molecule is CNC(=O)C1CC(Nc2c(C(=O)N[C@@H](C)c3ccc4ccccc4c3)cccc2[N+](=O)[O-])C1. The van der Waals surface area contributed by atoms with Crippen LogP contribution in [0.3, 0.4) is 0 Å². The van der Waals surface area contributed by atoms with Gasteiger partial charge in [0.25, 0.3) is 11.6 Å². The van der Waals surface area contributed by atoms with Gasteiger partial charge in [-0.15, -0.1) is 0 Å². The van der Waals surface area contributed by atoms with E-state index in [0.717, 1.165) is 16.3 Å². The van der Waals surface area contributed by atoms with Gasteiger partial charge in [0.2, 0.25) is 5.91 Å². The first-order chi connectivity index (χ1) is 15.9. The Morgan fingerprint density at radius 3 is 2.45 bits per heavy atom. The van der Waals surface area contributed by atoms with Crippen molar-refractivity contribution in [2.45, 2.75) is 31.8 Å². The second kappa shape index (κ2) is 9.28. The van der Waals surface area contributed by atoms with E-state index in [-0.39, 0.29) is 40.8 Å². The largest absolute Gasteiger partial charge is 0.376 e. The summed E-state index contributed by atoms with van der Waals surface area (Å²) >= 11 is 0. The van der Waals surface area contributed by atoms with Crippen molar-refractivity contribution >= 4 is 34.0 Å². The Kier molecular flexibility index (Phi) is 6.26. The first-order valence-electron chi connectivity index (χ1n) is 10.9. The van der Waals surface area contributed by atoms with Crippen molar-refractivity contribution in [2.24, 2.45) is 5.92 Å². The quantitative estimate of drug-likeness (QED) is 0.372. The zero-order valence-corrected chi connectivity index (χ0v) is 18.5. The number of para-hydroxylation sites is 1. The zero-order chi connectivity index (χ0) is 23.5. The maximum absolute atomic E-state index is 13.2. The lowest BCUT2D eigenvalue weighted by atomic mass is 9.79. The molecule has 0 unspecified atom stereocenters. The van der Waals surface area contributed by atoms with Crippen LogP contribution in [0.1, 0.15) is 41.7 Å².